The summed E-state index contributed by atoms with van der Waals surface area (Å²) in [4.78, 5) is 13.5. The number of hydrogen-bond acceptors (Lipinski definition) is 2. The number of nitrogens with zero attached hydrogens (tertiary/aromatic N) is 1. The summed E-state index contributed by atoms with van der Waals surface area (Å²) >= 11 is 5.84. The standard InChI is InChI=1S/C17H18ClNO2/c18-14-19(12-11-15-7-3-1-4-8-15)17(20)21-13-16-9-5-2-6-10-16/h1-10H,11-14H2. The molecule has 0 aromatic heterocycles. The van der Waals surface area contributed by atoms with Crippen LogP contribution >= 0.6 is 11.6 Å². The van der Waals surface area contributed by atoms with Crippen LogP contribution in [0.4, 0.5) is 4.79 Å². The quantitative estimate of drug-likeness (QED) is 0.595. The molecule has 0 bridgehead atoms. The van der Waals surface area contributed by atoms with Crippen LogP contribution < -0.4 is 0 Å². The lowest BCUT2D eigenvalue weighted by Crippen LogP contribution is -2.32. The number of hydrogen-bond donors (Lipinski definition) is 0. The number of halogens is 1. The summed E-state index contributed by atoms with van der Waals surface area (Å²) in [5, 5.41) is 0. The first-order valence-electron chi connectivity index (χ1n) is 6.85. The fraction of sp³-hybridized carbons (Fsp3) is 0.235. The zero-order valence-electron chi connectivity index (χ0n) is 11.7. The minimum atomic E-state index is -0.384. The van der Waals surface area contributed by atoms with Crippen molar-refractivity contribution in [3.63, 3.8) is 0 Å². The van der Waals surface area contributed by atoms with Crippen LogP contribution in [0.5, 0.6) is 0 Å². The van der Waals surface area contributed by atoms with Crippen LogP contribution in [0.2, 0.25) is 0 Å². The third-order valence-electron chi connectivity index (χ3n) is 3.12. The Morgan fingerprint density at radius 3 is 2.10 bits per heavy atom. The van der Waals surface area contributed by atoms with Gasteiger partial charge in [0.1, 0.15) is 6.61 Å². The molecular weight excluding hydrogens is 286 g/mol. The molecule has 1 amide bonds. The number of benzene rings is 2. The fourth-order valence-electron chi connectivity index (χ4n) is 1.92. The maximum Gasteiger partial charge on any atom is 0.411 e. The lowest BCUT2D eigenvalue weighted by atomic mass is 10.1. The third kappa shape index (κ3) is 5.12. The first kappa shape index (κ1) is 15.4. The van der Waals surface area contributed by atoms with Crippen LogP contribution in [0.3, 0.4) is 0 Å². The fourth-order valence-corrected chi connectivity index (χ4v) is 2.14. The molecule has 0 aliphatic rings. The van der Waals surface area contributed by atoms with E-state index in [1.165, 1.54) is 10.5 Å². The van der Waals surface area contributed by atoms with Gasteiger partial charge in [-0.25, -0.2) is 4.79 Å². The molecule has 4 heteroatoms. The molecule has 0 heterocycles. The molecule has 0 N–H and O–H groups in total. The Labute approximate surface area is 130 Å². The molecule has 0 spiro atoms. The van der Waals surface area contributed by atoms with Gasteiger partial charge in [-0.15, -0.1) is 11.6 Å². The van der Waals surface area contributed by atoms with E-state index < -0.39 is 0 Å². The van der Waals surface area contributed by atoms with Gasteiger partial charge in [-0.05, 0) is 17.5 Å². The van der Waals surface area contributed by atoms with Crippen LogP contribution in [0.15, 0.2) is 60.7 Å². The van der Waals surface area contributed by atoms with E-state index in [0.29, 0.717) is 6.54 Å². The van der Waals surface area contributed by atoms with Crippen LogP contribution in [0.25, 0.3) is 0 Å². The van der Waals surface area contributed by atoms with Gasteiger partial charge in [-0.1, -0.05) is 60.7 Å². The Hall–Kier alpha value is -2.00. The largest absolute Gasteiger partial charge is 0.445 e. The molecule has 3 nitrogen and oxygen atoms in total. The normalized spacial score (nSPS) is 10.1. The monoisotopic (exact) mass is 303 g/mol. The average Bonchev–Trinajstić information content (AvgIpc) is 2.55. The summed E-state index contributed by atoms with van der Waals surface area (Å²) in [7, 11) is 0. The molecule has 21 heavy (non-hydrogen) atoms. The van der Waals surface area contributed by atoms with Gasteiger partial charge >= 0.3 is 6.09 Å². The van der Waals surface area contributed by atoms with E-state index in [0.717, 1.165) is 12.0 Å². The Kier molecular flexibility index (Phi) is 6.10. The number of ether oxygens (including phenoxy) is 1. The molecule has 0 unspecified atom stereocenters. The third-order valence-corrected chi connectivity index (χ3v) is 3.41. The van der Waals surface area contributed by atoms with Crippen LogP contribution in [0, 0.1) is 0 Å². The highest BCUT2D eigenvalue weighted by Gasteiger charge is 2.13. The van der Waals surface area contributed by atoms with Gasteiger partial charge in [0, 0.05) is 6.54 Å². The summed E-state index contributed by atoms with van der Waals surface area (Å²) in [6.45, 7) is 0.805. The predicted molar refractivity (Wildman–Crippen MR) is 84.2 cm³/mol. The summed E-state index contributed by atoms with van der Waals surface area (Å²) in [5.41, 5.74) is 2.13. The van der Waals surface area contributed by atoms with E-state index in [1.807, 2.05) is 60.7 Å². The number of amides is 1. The summed E-state index contributed by atoms with van der Waals surface area (Å²) in [6, 6.07) is 19.7. The molecule has 0 aliphatic heterocycles. The van der Waals surface area contributed by atoms with Crippen molar-refractivity contribution in [3.8, 4) is 0 Å². The van der Waals surface area contributed by atoms with Gasteiger partial charge in [-0.2, -0.15) is 0 Å². The summed E-state index contributed by atoms with van der Waals surface area (Å²) < 4.78 is 5.27. The Bertz CT molecular complexity index is 545. The minimum Gasteiger partial charge on any atom is -0.445 e. The van der Waals surface area contributed by atoms with Gasteiger partial charge in [0.15, 0.2) is 0 Å². The van der Waals surface area contributed by atoms with Crippen molar-refractivity contribution in [1.29, 1.82) is 0 Å². The van der Waals surface area contributed by atoms with E-state index in [1.54, 1.807) is 0 Å². The number of alkyl halides is 1. The zero-order valence-corrected chi connectivity index (χ0v) is 12.5. The van der Waals surface area contributed by atoms with Crippen molar-refractivity contribution in [3.05, 3.63) is 71.8 Å². The Morgan fingerprint density at radius 1 is 0.952 bits per heavy atom. The number of carbonyl (C=O) groups is 1. The second-order valence-electron chi connectivity index (χ2n) is 4.66. The summed E-state index contributed by atoms with van der Waals surface area (Å²) in [5.74, 6) is 0. The van der Waals surface area contributed by atoms with Crippen LogP contribution in [0.1, 0.15) is 11.1 Å². The molecule has 0 radical (unpaired) electrons. The zero-order chi connectivity index (χ0) is 14.9. The van der Waals surface area contributed by atoms with Gasteiger partial charge in [0.25, 0.3) is 0 Å². The van der Waals surface area contributed by atoms with Gasteiger partial charge in [0.05, 0.1) is 6.00 Å². The molecule has 0 aliphatic carbocycles. The van der Waals surface area contributed by atoms with Crippen molar-refractivity contribution in [2.24, 2.45) is 0 Å². The van der Waals surface area contributed by atoms with E-state index in [4.69, 9.17) is 16.3 Å². The molecule has 2 aromatic carbocycles. The molecule has 2 rings (SSSR count). The molecular formula is C17H18ClNO2. The average molecular weight is 304 g/mol. The predicted octanol–water partition coefficient (Wildman–Crippen LogP) is 4.06. The number of carbonyl (C=O) groups excluding carboxylic acids is 1. The van der Waals surface area contributed by atoms with E-state index in [-0.39, 0.29) is 18.7 Å². The molecule has 110 valence electrons. The van der Waals surface area contributed by atoms with Crippen LogP contribution in [-0.4, -0.2) is 23.5 Å². The molecule has 2 aromatic rings. The Morgan fingerprint density at radius 2 is 1.52 bits per heavy atom. The highest BCUT2D eigenvalue weighted by Crippen LogP contribution is 2.06. The van der Waals surface area contributed by atoms with Crippen molar-refractivity contribution in [2.45, 2.75) is 13.0 Å². The summed E-state index contributed by atoms with van der Waals surface area (Å²) in [6.07, 6.45) is 0.373. The first-order valence-corrected chi connectivity index (χ1v) is 7.38. The van der Waals surface area contributed by atoms with E-state index in [2.05, 4.69) is 0 Å². The molecule has 0 fully saturated rings. The van der Waals surface area contributed by atoms with Crippen molar-refractivity contribution < 1.29 is 9.53 Å². The second kappa shape index (κ2) is 8.32. The topological polar surface area (TPSA) is 29.5 Å². The highest BCUT2D eigenvalue weighted by molar-refractivity contribution is 6.18. The van der Waals surface area contributed by atoms with Gasteiger partial charge < -0.3 is 4.74 Å². The van der Waals surface area contributed by atoms with Gasteiger partial charge in [0.2, 0.25) is 0 Å². The maximum atomic E-state index is 12.0. The smallest absolute Gasteiger partial charge is 0.411 e. The molecule has 0 atom stereocenters. The first-order chi connectivity index (χ1) is 10.3. The van der Waals surface area contributed by atoms with Crippen molar-refractivity contribution in [1.82, 2.24) is 4.90 Å². The maximum absolute atomic E-state index is 12.0. The van der Waals surface area contributed by atoms with Gasteiger partial charge in [-0.3, -0.25) is 4.90 Å². The lowest BCUT2D eigenvalue weighted by Gasteiger charge is -2.19. The van der Waals surface area contributed by atoms with Crippen molar-refractivity contribution >= 4 is 17.7 Å². The number of rotatable bonds is 6. The highest BCUT2D eigenvalue weighted by atomic mass is 35.5. The minimum absolute atomic E-state index is 0.125. The SMILES string of the molecule is O=C(OCc1ccccc1)N(CCl)CCc1ccccc1. The Balaban J connectivity index is 1.81. The van der Waals surface area contributed by atoms with E-state index >= 15 is 0 Å². The van der Waals surface area contributed by atoms with E-state index in [9.17, 15) is 4.79 Å². The lowest BCUT2D eigenvalue weighted by molar-refractivity contribution is 0.103. The second-order valence-corrected chi connectivity index (χ2v) is 4.90. The molecule has 0 saturated carbocycles. The van der Waals surface area contributed by atoms with Crippen molar-refractivity contribution in [2.75, 3.05) is 12.5 Å². The molecule has 0 saturated heterocycles. The van der Waals surface area contributed by atoms with Crippen LogP contribution in [-0.2, 0) is 17.8 Å².